The Morgan fingerprint density at radius 2 is 2.26 bits per heavy atom. The molecule has 3 N–H and O–H groups in total. The minimum atomic E-state index is -1.06. The number of methoxy groups -OCH3 is 1. The van der Waals surface area contributed by atoms with Crippen molar-refractivity contribution in [3.05, 3.63) is 30.6 Å². The number of nitrogens with one attached hydrogen (secondary N) is 1. The van der Waals surface area contributed by atoms with Crippen molar-refractivity contribution in [2.75, 3.05) is 13.7 Å². The molecule has 1 aliphatic heterocycles. The van der Waals surface area contributed by atoms with E-state index in [2.05, 4.69) is 4.98 Å². The van der Waals surface area contributed by atoms with Crippen LogP contribution in [0.1, 0.15) is 6.23 Å². The molecule has 9 heteroatoms. The Hall–Kier alpha value is -0.750. The van der Waals surface area contributed by atoms with E-state index in [1.54, 1.807) is 22.6 Å². The van der Waals surface area contributed by atoms with Gasteiger partial charge in [0.2, 0.25) is 0 Å². The van der Waals surface area contributed by atoms with E-state index in [0.717, 1.165) is 4.57 Å². The Labute approximate surface area is 121 Å². The van der Waals surface area contributed by atoms with Crippen molar-refractivity contribution < 1.29 is 19.7 Å². The third-order valence-corrected chi connectivity index (χ3v) is 3.73. The van der Waals surface area contributed by atoms with Gasteiger partial charge in [-0.25, -0.2) is 4.79 Å². The van der Waals surface area contributed by atoms with E-state index in [9.17, 15) is 14.7 Å². The van der Waals surface area contributed by atoms with Crippen LogP contribution in [-0.4, -0.2) is 51.8 Å². The van der Waals surface area contributed by atoms with Gasteiger partial charge < -0.3 is 19.7 Å². The molecule has 4 atom stereocenters. The maximum absolute atomic E-state index is 11.8. The Balaban J connectivity index is 2.44. The van der Waals surface area contributed by atoms with Gasteiger partial charge in [-0.3, -0.25) is 14.3 Å². The molecule has 1 saturated heterocycles. The highest BCUT2D eigenvalue weighted by molar-refractivity contribution is 14.1. The van der Waals surface area contributed by atoms with Crippen LogP contribution in [0.2, 0.25) is 0 Å². The lowest BCUT2D eigenvalue weighted by Crippen LogP contribution is -2.39. The monoisotopic (exact) mass is 384 g/mol. The lowest BCUT2D eigenvalue weighted by Gasteiger charge is -2.20. The molecule has 2 rings (SSSR count). The van der Waals surface area contributed by atoms with Crippen LogP contribution in [0.4, 0.5) is 0 Å². The van der Waals surface area contributed by atoms with Crippen molar-refractivity contribution in [1.29, 1.82) is 0 Å². The molecule has 2 heterocycles. The predicted octanol–water partition coefficient (Wildman–Crippen LogP) is -1.59. The fourth-order valence-corrected chi connectivity index (χ4v) is 2.43. The van der Waals surface area contributed by atoms with Crippen molar-refractivity contribution in [2.24, 2.45) is 0 Å². The van der Waals surface area contributed by atoms with E-state index < -0.39 is 42.4 Å². The third kappa shape index (κ3) is 2.60. The SMILES string of the molecule is CO[C@H]1[C@H](O)[C@@H](CO)O[C@H]1n1cc(I)c(=O)[nH]c1=O. The zero-order chi connectivity index (χ0) is 14.2. The number of aliphatic hydroxyl groups is 2. The summed E-state index contributed by atoms with van der Waals surface area (Å²) in [6, 6.07) is 0. The number of halogens is 1. The lowest BCUT2D eigenvalue weighted by atomic mass is 10.1. The minimum absolute atomic E-state index is 0.303. The first kappa shape index (κ1) is 14.7. The van der Waals surface area contributed by atoms with Crippen LogP contribution in [-0.2, 0) is 9.47 Å². The quantitative estimate of drug-likeness (QED) is 0.542. The average Bonchev–Trinajstić information content (AvgIpc) is 2.70. The normalized spacial score (nSPS) is 30.7. The number of hydrogen-bond donors (Lipinski definition) is 3. The van der Waals surface area contributed by atoms with Gasteiger partial charge in [-0.05, 0) is 22.6 Å². The highest BCUT2D eigenvalue weighted by Crippen LogP contribution is 2.30. The largest absolute Gasteiger partial charge is 0.394 e. The standard InChI is InChI=1S/C10H13IN2O6/c1-18-7-6(15)5(3-14)19-9(7)13-2-4(11)8(16)12-10(13)17/h2,5-7,9,14-15H,3H2,1H3,(H,12,16,17)/t5-,6-,7+,9-/m1/s1. The Bertz CT molecular complexity index is 570. The van der Waals surface area contributed by atoms with Crippen LogP contribution in [0.25, 0.3) is 0 Å². The third-order valence-electron chi connectivity index (χ3n) is 2.96. The van der Waals surface area contributed by atoms with Crippen LogP contribution in [0.5, 0.6) is 0 Å². The molecule has 0 unspecified atom stereocenters. The van der Waals surface area contributed by atoms with Crippen molar-refractivity contribution in [1.82, 2.24) is 9.55 Å². The number of aliphatic hydroxyl groups excluding tert-OH is 2. The minimum Gasteiger partial charge on any atom is -0.394 e. The molecule has 1 aromatic heterocycles. The number of H-pyrrole nitrogens is 1. The molecule has 0 aromatic carbocycles. The summed E-state index contributed by atoms with van der Waals surface area (Å²) in [6.07, 6.45) is -2.29. The Morgan fingerprint density at radius 3 is 2.84 bits per heavy atom. The maximum Gasteiger partial charge on any atom is 0.330 e. The van der Waals surface area contributed by atoms with Crippen molar-refractivity contribution >= 4 is 22.6 Å². The molecule has 1 aliphatic rings. The van der Waals surface area contributed by atoms with E-state index in [1.165, 1.54) is 13.3 Å². The number of ether oxygens (including phenoxy) is 2. The molecule has 0 radical (unpaired) electrons. The molecule has 0 bridgehead atoms. The van der Waals surface area contributed by atoms with Crippen molar-refractivity contribution in [2.45, 2.75) is 24.5 Å². The molecule has 0 amide bonds. The van der Waals surface area contributed by atoms with Gasteiger partial charge in [0.1, 0.15) is 18.3 Å². The molecule has 1 aromatic rings. The highest BCUT2D eigenvalue weighted by Gasteiger charge is 2.45. The predicted molar refractivity (Wildman–Crippen MR) is 71.8 cm³/mol. The zero-order valence-corrected chi connectivity index (χ0v) is 12.1. The second-order valence-corrected chi connectivity index (χ2v) is 5.24. The summed E-state index contributed by atoms with van der Waals surface area (Å²) < 4.78 is 11.9. The van der Waals surface area contributed by atoms with Gasteiger partial charge in [-0.15, -0.1) is 0 Å². The smallest absolute Gasteiger partial charge is 0.330 e. The van der Waals surface area contributed by atoms with Gasteiger partial charge in [0.15, 0.2) is 6.23 Å². The first-order valence-corrected chi connectivity index (χ1v) is 6.55. The fraction of sp³-hybridized carbons (Fsp3) is 0.600. The number of hydrogen-bond acceptors (Lipinski definition) is 6. The molecule has 1 fully saturated rings. The number of aromatic nitrogens is 2. The molecule has 19 heavy (non-hydrogen) atoms. The summed E-state index contributed by atoms with van der Waals surface area (Å²) in [5.74, 6) is 0. The summed E-state index contributed by atoms with van der Waals surface area (Å²) >= 11 is 1.78. The highest BCUT2D eigenvalue weighted by atomic mass is 127. The van der Waals surface area contributed by atoms with Crippen LogP contribution < -0.4 is 11.2 Å². The lowest BCUT2D eigenvalue weighted by molar-refractivity contribution is -0.0626. The summed E-state index contributed by atoms with van der Waals surface area (Å²) in [4.78, 5) is 25.2. The topological polar surface area (TPSA) is 114 Å². The molecular formula is C10H13IN2O6. The first-order valence-electron chi connectivity index (χ1n) is 5.47. The van der Waals surface area contributed by atoms with E-state index in [1.807, 2.05) is 0 Å². The average molecular weight is 384 g/mol. The van der Waals surface area contributed by atoms with Crippen LogP contribution in [0, 0.1) is 3.57 Å². The maximum atomic E-state index is 11.8. The second-order valence-electron chi connectivity index (χ2n) is 4.08. The van der Waals surface area contributed by atoms with Crippen LogP contribution in [0.15, 0.2) is 15.8 Å². The van der Waals surface area contributed by atoms with Gasteiger partial charge in [0.05, 0.1) is 10.2 Å². The molecule has 0 spiro atoms. The molecular weight excluding hydrogens is 371 g/mol. The summed E-state index contributed by atoms with van der Waals surface area (Å²) in [5, 5.41) is 19.0. The zero-order valence-electron chi connectivity index (χ0n) is 9.95. The number of rotatable bonds is 3. The Kier molecular flexibility index (Phi) is 4.40. The summed E-state index contributed by atoms with van der Waals surface area (Å²) in [5.41, 5.74) is -1.16. The summed E-state index contributed by atoms with van der Waals surface area (Å²) in [7, 11) is 1.37. The summed E-state index contributed by atoms with van der Waals surface area (Å²) in [6.45, 7) is -0.396. The van der Waals surface area contributed by atoms with Gasteiger partial charge >= 0.3 is 5.69 Å². The van der Waals surface area contributed by atoms with E-state index in [4.69, 9.17) is 14.6 Å². The van der Waals surface area contributed by atoms with Gasteiger partial charge in [-0.1, -0.05) is 0 Å². The number of aromatic amines is 1. The van der Waals surface area contributed by atoms with E-state index in [0.29, 0.717) is 3.57 Å². The van der Waals surface area contributed by atoms with Crippen LogP contribution in [0.3, 0.4) is 0 Å². The Morgan fingerprint density at radius 1 is 1.58 bits per heavy atom. The first-order chi connectivity index (χ1) is 8.99. The van der Waals surface area contributed by atoms with Gasteiger partial charge in [-0.2, -0.15) is 0 Å². The molecule has 0 saturated carbocycles. The number of nitrogens with zero attached hydrogens (tertiary/aromatic N) is 1. The fourth-order valence-electron chi connectivity index (χ4n) is 2.00. The molecule has 8 nitrogen and oxygen atoms in total. The second kappa shape index (κ2) is 5.71. The van der Waals surface area contributed by atoms with Crippen molar-refractivity contribution in [3.63, 3.8) is 0 Å². The molecule has 0 aliphatic carbocycles. The van der Waals surface area contributed by atoms with Gasteiger partial charge in [0.25, 0.3) is 5.56 Å². The van der Waals surface area contributed by atoms with E-state index in [-0.39, 0.29) is 0 Å². The van der Waals surface area contributed by atoms with Gasteiger partial charge in [0, 0.05) is 13.3 Å². The van der Waals surface area contributed by atoms with E-state index >= 15 is 0 Å². The van der Waals surface area contributed by atoms with Crippen LogP contribution >= 0.6 is 22.6 Å². The van der Waals surface area contributed by atoms with Crippen molar-refractivity contribution in [3.8, 4) is 0 Å². The molecule has 106 valence electrons.